The highest BCUT2D eigenvalue weighted by Gasteiger charge is 2.41. The van der Waals surface area contributed by atoms with Crippen LogP contribution in [0.3, 0.4) is 0 Å². The molecule has 0 aromatic heterocycles. The first-order valence-electron chi connectivity index (χ1n) is 10.5. The fourth-order valence-electron chi connectivity index (χ4n) is 4.63. The zero-order valence-corrected chi connectivity index (χ0v) is 17.6. The lowest BCUT2D eigenvalue weighted by Crippen LogP contribution is -2.55. The van der Waals surface area contributed by atoms with Crippen molar-refractivity contribution in [2.45, 2.75) is 38.4 Å². The molecule has 0 aliphatic carbocycles. The second-order valence-corrected chi connectivity index (χ2v) is 8.36. The molecule has 2 aliphatic heterocycles. The lowest BCUT2D eigenvalue weighted by atomic mass is 10.1. The maximum absolute atomic E-state index is 13.2. The van der Waals surface area contributed by atoms with Gasteiger partial charge >= 0.3 is 6.03 Å². The molecule has 3 amide bonds. The van der Waals surface area contributed by atoms with Crippen molar-refractivity contribution in [2.75, 3.05) is 18.4 Å². The predicted octanol–water partition coefficient (Wildman–Crippen LogP) is 3.51. The van der Waals surface area contributed by atoms with Crippen LogP contribution in [0.25, 0.3) is 6.08 Å². The van der Waals surface area contributed by atoms with Gasteiger partial charge in [-0.1, -0.05) is 24.3 Å². The van der Waals surface area contributed by atoms with Crippen LogP contribution in [0, 0.1) is 12.7 Å². The fraction of sp³-hybridized carbons (Fsp3) is 0.333. The van der Waals surface area contributed by atoms with Gasteiger partial charge in [0.1, 0.15) is 5.82 Å². The first-order chi connectivity index (χ1) is 14.9. The van der Waals surface area contributed by atoms with Gasteiger partial charge in [0, 0.05) is 43.5 Å². The molecule has 0 spiro atoms. The van der Waals surface area contributed by atoms with Crippen LogP contribution in [0.4, 0.5) is 14.9 Å². The summed E-state index contributed by atoms with van der Waals surface area (Å²) in [6.07, 6.45) is 5.29. The van der Waals surface area contributed by atoms with Crippen LogP contribution in [0.2, 0.25) is 0 Å². The Bertz CT molecular complexity index is 991. The van der Waals surface area contributed by atoms with Gasteiger partial charge in [0.05, 0.1) is 0 Å². The number of piperazine rings is 1. The minimum absolute atomic E-state index is 0.0143. The number of fused-ring (bicyclic) bond motifs is 2. The van der Waals surface area contributed by atoms with E-state index in [-0.39, 0.29) is 23.8 Å². The van der Waals surface area contributed by atoms with Crippen LogP contribution in [0.5, 0.6) is 0 Å². The minimum atomic E-state index is -0.637. The molecule has 2 unspecified atom stereocenters. The number of nitrogens with two attached hydrogens (primary N) is 1. The minimum Gasteiger partial charge on any atom is -0.351 e. The predicted molar refractivity (Wildman–Crippen MR) is 119 cm³/mol. The van der Waals surface area contributed by atoms with E-state index in [0.29, 0.717) is 5.69 Å². The Labute approximate surface area is 181 Å². The molecular formula is C24H27FN4O2. The van der Waals surface area contributed by atoms with E-state index < -0.39 is 6.03 Å². The summed E-state index contributed by atoms with van der Waals surface area (Å²) in [5.74, 6) is -0.242. The van der Waals surface area contributed by atoms with Gasteiger partial charge in [-0.05, 0) is 60.7 Å². The lowest BCUT2D eigenvalue weighted by molar-refractivity contribution is -0.131. The average Bonchev–Trinajstić information content (AvgIpc) is 2.99. The molecule has 2 aromatic rings. The summed E-state index contributed by atoms with van der Waals surface area (Å²) in [5, 5.41) is 2.61. The van der Waals surface area contributed by atoms with Crippen LogP contribution < -0.4 is 11.1 Å². The largest absolute Gasteiger partial charge is 0.351 e. The molecular weight excluding hydrogens is 395 g/mol. The number of hydrogen-bond donors (Lipinski definition) is 2. The second kappa shape index (κ2) is 8.89. The summed E-state index contributed by atoms with van der Waals surface area (Å²) >= 11 is 0. The molecule has 0 saturated carbocycles. The van der Waals surface area contributed by atoms with Crippen molar-refractivity contribution >= 4 is 23.7 Å². The number of rotatable bonds is 5. The van der Waals surface area contributed by atoms with Gasteiger partial charge < -0.3 is 16.0 Å². The zero-order chi connectivity index (χ0) is 22.0. The van der Waals surface area contributed by atoms with E-state index in [0.717, 1.165) is 49.2 Å². The van der Waals surface area contributed by atoms with Crippen LogP contribution in [-0.2, 0) is 11.3 Å². The molecule has 2 atom stereocenters. The van der Waals surface area contributed by atoms with Crippen molar-refractivity contribution < 1.29 is 14.0 Å². The molecule has 2 saturated heterocycles. The van der Waals surface area contributed by atoms with Crippen molar-refractivity contribution in [3.63, 3.8) is 0 Å². The Hall–Kier alpha value is -3.19. The summed E-state index contributed by atoms with van der Waals surface area (Å²) in [6, 6.07) is 11.9. The monoisotopic (exact) mass is 422 g/mol. The molecule has 2 bridgehead atoms. The van der Waals surface area contributed by atoms with Gasteiger partial charge in [-0.3, -0.25) is 9.69 Å². The zero-order valence-electron chi connectivity index (χ0n) is 17.6. The SMILES string of the molecule is Cc1ccc(/C=C/C(=O)N2C3CCC2CN(Cc2ccc(F)cc2)C3)c(NC(N)=O)c1. The number of aryl methyl sites for hydroxylation is 1. The molecule has 2 aliphatic rings. The third-order valence-corrected chi connectivity index (χ3v) is 6.00. The summed E-state index contributed by atoms with van der Waals surface area (Å²) in [7, 11) is 0. The maximum atomic E-state index is 13.2. The number of nitrogens with zero attached hydrogens (tertiary/aromatic N) is 2. The van der Waals surface area contributed by atoms with Crippen LogP contribution in [-0.4, -0.2) is 46.9 Å². The lowest BCUT2D eigenvalue weighted by Gasteiger charge is -2.40. The summed E-state index contributed by atoms with van der Waals surface area (Å²) < 4.78 is 13.2. The van der Waals surface area contributed by atoms with Gasteiger partial charge in [-0.15, -0.1) is 0 Å². The third kappa shape index (κ3) is 4.94. The van der Waals surface area contributed by atoms with Gasteiger partial charge in [0.25, 0.3) is 0 Å². The smallest absolute Gasteiger partial charge is 0.316 e. The number of likely N-dealkylation sites (tertiary alicyclic amines) is 1. The average molecular weight is 423 g/mol. The number of carbonyl (C=O) groups is 2. The van der Waals surface area contributed by atoms with E-state index in [1.807, 2.05) is 42.2 Å². The first kappa shape index (κ1) is 21.1. The normalized spacial score (nSPS) is 20.9. The fourth-order valence-corrected chi connectivity index (χ4v) is 4.63. The molecule has 2 fully saturated rings. The Morgan fingerprint density at radius 1 is 1.13 bits per heavy atom. The molecule has 2 heterocycles. The van der Waals surface area contributed by atoms with Gasteiger partial charge in [-0.25, -0.2) is 9.18 Å². The second-order valence-electron chi connectivity index (χ2n) is 8.36. The number of benzene rings is 2. The van der Waals surface area contributed by atoms with Crippen molar-refractivity contribution in [3.05, 3.63) is 71.0 Å². The summed E-state index contributed by atoms with van der Waals surface area (Å²) in [5.41, 5.74) is 8.65. The molecule has 31 heavy (non-hydrogen) atoms. The highest BCUT2D eigenvalue weighted by Crippen LogP contribution is 2.31. The topological polar surface area (TPSA) is 78.7 Å². The number of carbonyl (C=O) groups excluding carboxylic acids is 2. The highest BCUT2D eigenvalue weighted by molar-refractivity contribution is 5.95. The van der Waals surface area contributed by atoms with Crippen molar-refractivity contribution in [3.8, 4) is 0 Å². The van der Waals surface area contributed by atoms with E-state index in [9.17, 15) is 14.0 Å². The van der Waals surface area contributed by atoms with Gasteiger partial charge in [0.2, 0.25) is 5.91 Å². The third-order valence-electron chi connectivity index (χ3n) is 6.00. The summed E-state index contributed by atoms with van der Waals surface area (Å²) in [4.78, 5) is 28.6. The Morgan fingerprint density at radius 3 is 2.45 bits per heavy atom. The van der Waals surface area contributed by atoms with Gasteiger partial charge in [-0.2, -0.15) is 0 Å². The molecule has 6 nitrogen and oxygen atoms in total. The number of urea groups is 1. The molecule has 2 aromatic carbocycles. The first-order valence-corrected chi connectivity index (χ1v) is 10.5. The van der Waals surface area contributed by atoms with E-state index in [4.69, 9.17) is 5.73 Å². The van der Waals surface area contributed by atoms with E-state index in [2.05, 4.69) is 10.2 Å². The Balaban J connectivity index is 1.42. The van der Waals surface area contributed by atoms with Crippen LogP contribution >= 0.6 is 0 Å². The van der Waals surface area contributed by atoms with Crippen LogP contribution in [0.1, 0.15) is 29.5 Å². The molecule has 0 radical (unpaired) electrons. The van der Waals surface area contributed by atoms with E-state index in [1.165, 1.54) is 12.1 Å². The van der Waals surface area contributed by atoms with E-state index in [1.54, 1.807) is 12.2 Å². The number of primary amides is 1. The van der Waals surface area contributed by atoms with Crippen molar-refractivity contribution in [1.29, 1.82) is 0 Å². The van der Waals surface area contributed by atoms with Crippen LogP contribution in [0.15, 0.2) is 48.5 Å². The number of halogens is 1. The number of anilines is 1. The molecule has 3 N–H and O–H groups in total. The number of hydrogen-bond acceptors (Lipinski definition) is 3. The molecule has 162 valence electrons. The Kier molecular flexibility index (Phi) is 6.04. The standard InChI is InChI=1S/C24H27FN4O2/c1-16-2-5-18(22(12-16)27-24(26)31)6-11-23(30)29-20-9-10-21(29)15-28(14-20)13-17-3-7-19(25)8-4-17/h2-8,11-12,20-21H,9-10,13-15H2,1H3,(H3,26,27,31)/b11-6+. The highest BCUT2D eigenvalue weighted by atomic mass is 19.1. The maximum Gasteiger partial charge on any atom is 0.316 e. The molecule has 7 heteroatoms. The number of amides is 3. The van der Waals surface area contributed by atoms with Gasteiger partial charge in [0.15, 0.2) is 0 Å². The summed E-state index contributed by atoms with van der Waals surface area (Å²) in [6.45, 7) is 4.31. The van der Waals surface area contributed by atoms with Crippen molar-refractivity contribution in [1.82, 2.24) is 9.80 Å². The van der Waals surface area contributed by atoms with E-state index >= 15 is 0 Å². The van der Waals surface area contributed by atoms with Crippen molar-refractivity contribution in [2.24, 2.45) is 5.73 Å². The quantitative estimate of drug-likeness (QED) is 0.724. The number of nitrogens with one attached hydrogen (secondary N) is 1. The Morgan fingerprint density at radius 2 is 1.81 bits per heavy atom. The molecule has 4 rings (SSSR count).